The molecule has 4 heteroatoms. The second-order valence-electron chi connectivity index (χ2n) is 4.78. The summed E-state index contributed by atoms with van der Waals surface area (Å²) in [5.41, 5.74) is 1.08. The highest BCUT2D eigenvalue weighted by molar-refractivity contribution is 9.10. The van der Waals surface area contributed by atoms with Crippen molar-refractivity contribution in [3.63, 3.8) is 0 Å². The van der Waals surface area contributed by atoms with Crippen molar-refractivity contribution in [2.75, 3.05) is 13.2 Å². The number of hydrogen-bond donors (Lipinski definition) is 1. The van der Waals surface area contributed by atoms with E-state index in [0.717, 1.165) is 31.6 Å². The molecule has 2 rings (SSSR count). The highest BCUT2D eigenvalue weighted by Gasteiger charge is 2.26. The largest absolute Gasteiger partial charge is 0.381 e. The van der Waals surface area contributed by atoms with Gasteiger partial charge in [0, 0.05) is 25.3 Å². The summed E-state index contributed by atoms with van der Waals surface area (Å²) in [5.74, 6) is -0.207. The number of nitrogens with one attached hydrogen (secondary N) is 1. The highest BCUT2D eigenvalue weighted by Crippen LogP contribution is 2.21. The molecule has 1 fully saturated rings. The van der Waals surface area contributed by atoms with Gasteiger partial charge in [0.15, 0.2) is 0 Å². The Balaban J connectivity index is 1.94. The Bertz CT molecular complexity index is 391. The molecule has 0 saturated carbocycles. The molecule has 94 valence electrons. The van der Waals surface area contributed by atoms with Crippen LogP contribution in [-0.2, 0) is 11.3 Å². The lowest BCUT2D eigenvalue weighted by molar-refractivity contribution is 0.0446. The number of halogens is 2. The van der Waals surface area contributed by atoms with Crippen molar-refractivity contribution in [3.05, 3.63) is 34.1 Å². The van der Waals surface area contributed by atoms with E-state index in [1.54, 1.807) is 12.1 Å². The molecule has 1 aromatic carbocycles. The Hall–Kier alpha value is -0.450. The first-order chi connectivity index (χ1) is 8.09. The zero-order valence-electron chi connectivity index (χ0n) is 9.93. The third-order valence-corrected chi connectivity index (χ3v) is 3.94. The first-order valence-electron chi connectivity index (χ1n) is 5.86. The standard InChI is InChI=1S/C13H17BrFNO/c1-13(4-6-17-7-5-13)16-9-10-2-3-11(14)12(15)8-10/h2-3,8,16H,4-7,9H2,1H3. The van der Waals surface area contributed by atoms with Gasteiger partial charge in [-0.2, -0.15) is 0 Å². The van der Waals surface area contributed by atoms with E-state index in [2.05, 4.69) is 28.2 Å². The number of rotatable bonds is 3. The second kappa shape index (κ2) is 5.46. The molecular weight excluding hydrogens is 285 g/mol. The molecule has 0 spiro atoms. The summed E-state index contributed by atoms with van der Waals surface area (Å²) in [6, 6.07) is 5.25. The van der Waals surface area contributed by atoms with Gasteiger partial charge in [0.2, 0.25) is 0 Å². The van der Waals surface area contributed by atoms with Gasteiger partial charge in [-0.25, -0.2) is 4.39 Å². The van der Waals surface area contributed by atoms with Gasteiger partial charge in [-0.1, -0.05) is 6.07 Å². The van der Waals surface area contributed by atoms with Gasteiger partial charge >= 0.3 is 0 Å². The van der Waals surface area contributed by atoms with Crippen LogP contribution in [0.15, 0.2) is 22.7 Å². The zero-order valence-corrected chi connectivity index (χ0v) is 11.5. The molecule has 0 atom stereocenters. The molecule has 1 aromatic rings. The van der Waals surface area contributed by atoms with Crippen LogP contribution < -0.4 is 5.32 Å². The molecular formula is C13H17BrFNO. The molecule has 1 aliphatic rings. The van der Waals surface area contributed by atoms with Crippen molar-refractivity contribution in [2.45, 2.75) is 31.8 Å². The molecule has 17 heavy (non-hydrogen) atoms. The lowest BCUT2D eigenvalue weighted by Gasteiger charge is -2.34. The van der Waals surface area contributed by atoms with Crippen LogP contribution in [0.3, 0.4) is 0 Å². The quantitative estimate of drug-likeness (QED) is 0.925. The summed E-state index contributed by atoms with van der Waals surface area (Å²) < 4.78 is 19.2. The fraction of sp³-hybridized carbons (Fsp3) is 0.538. The summed E-state index contributed by atoms with van der Waals surface area (Å²) in [6.45, 7) is 4.50. The second-order valence-corrected chi connectivity index (χ2v) is 5.63. The Labute approximate surface area is 110 Å². The van der Waals surface area contributed by atoms with E-state index in [9.17, 15) is 4.39 Å². The van der Waals surface area contributed by atoms with Gasteiger partial charge in [0.1, 0.15) is 5.82 Å². The first kappa shape index (κ1) is 13.0. The predicted octanol–water partition coefficient (Wildman–Crippen LogP) is 3.25. The van der Waals surface area contributed by atoms with E-state index in [0.29, 0.717) is 11.0 Å². The Morgan fingerprint density at radius 3 is 2.76 bits per heavy atom. The monoisotopic (exact) mass is 301 g/mol. The van der Waals surface area contributed by atoms with Gasteiger partial charge in [-0.05, 0) is 53.4 Å². The minimum absolute atomic E-state index is 0.113. The van der Waals surface area contributed by atoms with Crippen LogP contribution in [0.4, 0.5) is 4.39 Å². The maximum Gasteiger partial charge on any atom is 0.137 e. The van der Waals surface area contributed by atoms with Crippen molar-refractivity contribution in [1.29, 1.82) is 0 Å². The van der Waals surface area contributed by atoms with Crippen molar-refractivity contribution >= 4 is 15.9 Å². The Morgan fingerprint density at radius 1 is 1.41 bits per heavy atom. The minimum atomic E-state index is -0.207. The van der Waals surface area contributed by atoms with Crippen LogP contribution in [0, 0.1) is 5.82 Å². The van der Waals surface area contributed by atoms with Crippen LogP contribution >= 0.6 is 15.9 Å². The molecule has 1 N–H and O–H groups in total. The summed E-state index contributed by atoms with van der Waals surface area (Å²) in [4.78, 5) is 0. The predicted molar refractivity (Wildman–Crippen MR) is 69.4 cm³/mol. The highest BCUT2D eigenvalue weighted by atomic mass is 79.9. The lowest BCUT2D eigenvalue weighted by atomic mass is 9.92. The molecule has 0 radical (unpaired) electrons. The average Bonchev–Trinajstić information content (AvgIpc) is 2.32. The van der Waals surface area contributed by atoms with Gasteiger partial charge < -0.3 is 10.1 Å². The van der Waals surface area contributed by atoms with Crippen LogP contribution in [-0.4, -0.2) is 18.8 Å². The van der Waals surface area contributed by atoms with Crippen molar-refractivity contribution in [2.24, 2.45) is 0 Å². The van der Waals surface area contributed by atoms with Crippen LogP contribution in [0.5, 0.6) is 0 Å². The molecule has 0 bridgehead atoms. The van der Waals surface area contributed by atoms with Crippen molar-refractivity contribution in [1.82, 2.24) is 5.32 Å². The summed E-state index contributed by atoms with van der Waals surface area (Å²) in [7, 11) is 0. The maximum atomic E-state index is 13.3. The van der Waals surface area contributed by atoms with Crippen molar-refractivity contribution < 1.29 is 9.13 Å². The molecule has 2 nitrogen and oxygen atoms in total. The van der Waals surface area contributed by atoms with E-state index in [1.807, 2.05) is 6.07 Å². The zero-order chi connectivity index (χ0) is 12.3. The van der Waals surface area contributed by atoms with E-state index >= 15 is 0 Å². The Morgan fingerprint density at radius 2 is 2.12 bits per heavy atom. The number of hydrogen-bond acceptors (Lipinski definition) is 2. The third-order valence-electron chi connectivity index (χ3n) is 3.30. The van der Waals surface area contributed by atoms with Gasteiger partial charge in [-0.15, -0.1) is 0 Å². The molecule has 1 heterocycles. The summed E-state index contributed by atoms with van der Waals surface area (Å²) >= 11 is 3.16. The molecule has 0 aromatic heterocycles. The molecule has 1 saturated heterocycles. The smallest absolute Gasteiger partial charge is 0.137 e. The van der Waals surface area contributed by atoms with Gasteiger partial charge in [0.25, 0.3) is 0 Å². The minimum Gasteiger partial charge on any atom is -0.381 e. The van der Waals surface area contributed by atoms with Crippen LogP contribution in [0.25, 0.3) is 0 Å². The Kier molecular flexibility index (Phi) is 4.17. The maximum absolute atomic E-state index is 13.3. The first-order valence-corrected chi connectivity index (χ1v) is 6.65. The summed E-state index contributed by atoms with van der Waals surface area (Å²) in [5, 5.41) is 3.50. The fourth-order valence-electron chi connectivity index (χ4n) is 1.96. The van der Waals surface area contributed by atoms with Crippen LogP contribution in [0.2, 0.25) is 0 Å². The van der Waals surface area contributed by atoms with Crippen molar-refractivity contribution in [3.8, 4) is 0 Å². The van der Waals surface area contributed by atoms with Gasteiger partial charge in [-0.3, -0.25) is 0 Å². The molecule has 1 aliphatic heterocycles. The average molecular weight is 302 g/mol. The van der Waals surface area contributed by atoms with Gasteiger partial charge in [0.05, 0.1) is 4.47 Å². The van der Waals surface area contributed by atoms with E-state index in [1.165, 1.54) is 0 Å². The topological polar surface area (TPSA) is 21.3 Å². The normalized spacial score (nSPS) is 19.2. The number of ether oxygens (including phenoxy) is 1. The third kappa shape index (κ3) is 3.50. The lowest BCUT2D eigenvalue weighted by Crippen LogP contribution is -2.46. The fourth-order valence-corrected chi connectivity index (χ4v) is 2.21. The number of benzene rings is 1. The van der Waals surface area contributed by atoms with Crippen LogP contribution in [0.1, 0.15) is 25.3 Å². The van der Waals surface area contributed by atoms with E-state index in [4.69, 9.17) is 4.74 Å². The molecule has 0 amide bonds. The SMILES string of the molecule is CC1(NCc2ccc(Br)c(F)c2)CCOCC1. The molecule has 0 unspecified atom stereocenters. The molecule has 0 aliphatic carbocycles. The van der Waals surface area contributed by atoms with E-state index in [-0.39, 0.29) is 11.4 Å². The summed E-state index contributed by atoms with van der Waals surface area (Å²) in [6.07, 6.45) is 2.01. The van der Waals surface area contributed by atoms with E-state index < -0.39 is 0 Å².